The molecule has 0 amide bonds. The van der Waals surface area contributed by atoms with Gasteiger partial charge in [0, 0.05) is 22.2 Å². The molecular formula is C32H31ClFN6O2+. The Labute approximate surface area is 247 Å². The van der Waals surface area contributed by atoms with Crippen LogP contribution < -0.4 is 9.64 Å². The zero-order chi connectivity index (χ0) is 28.0. The molecule has 0 saturated carbocycles. The van der Waals surface area contributed by atoms with Gasteiger partial charge in [-0.05, 0) is 50.2 Å². The molecule has 5 atom stereocenters. The molecule has 10 rings (SSSR count). The molecule has 0 bridgehead atoms. The zero-order valence-corrected chi connectivity index (χ0v) is 23.9. The first-order chi connectivity index (χ1) is 20.5. The van der Waals surface area contributed by atoms with Crippen molar-refractivity contribution in [3.05, 3.63) is 53.4 Å². The van der Waals surface area contributed by atoms with Gasteiger partial charge in [0.15, 0.2) is 17.9 Å². The van der Waals surface area contributed by atoms with Crippen LogP contribution in [-0.4, -0.2) is 91.6 Å². The van der Waals surface area contributed by atoms with E-state index < -0.39 is 11.5 Å². The molecule has 3 unspecified atom stereocenters. The van der Waals surface area contributed by atoms with Crippen LogP contribution in [0.15, 0.2) is 42.6 Å². The lowest BCUT2D eigenvalue weighted by Crippen LogP contribution is -2.63. The first-order valence-electron chi connectivity index (χ1n) is 15.2. The Bertz CT molecular complexity index is 1830. The lowest BCUT2D eigenvalue weighted by molar-refractivity contribution is -0.821. The van der Waals surface area contributed by atoms with Crippen LogP contribution in [0.2, 0.25) is 5.02 Å². The van der Waals surface area contributed by atoms with Crippen molar-refractivity contribution in [3.8, 4) is 17.3 Å². The van der Waals surface area contributed by atoms with E-state index >= 15 is 4.39 Å². The number of halogens is 2. The number of hydrogen-bond donors (Lipinski definition) is 1. The number of piperazine rings is 1. The molecule has 2 aromatic carbocycles. The number of piperidine rings is 1. The van der Waals surface area contributed by atoms with Gasteiger partial charge in [-0.25, -0.2) is 4.39 Å². The highest BCUT2D eigenvalue weighted by molar-refractivity contribution is 6.36. The smallest absolute Gasteiger partial charge is 0.319 e. The standard InChI is InChI=1S/C32H31ClFN6O2/c33-22-8-2-6-18-5-1-7-20(25(18)22)27-26(34)28-21(14-35-27)29(38-15-19-13-23-32(41)24(16-38)40(19,23)32)37-30(36-28)42-17-31-9-3-11-39(31)12-4-10-31/h1-2,5-8,14,19,23-24,41H,3-4,9-13,15-17H2/q+1/t19-,23?,24?,32+,40?/m1/s1. The fourth-order valence-electron chi connectivity index (χ4n) is 9.73. The summed E-state index contributed by atoms with van der Waals surface area (Å²) in [6.07, 6.45) is 7.28. The SMILES string of the molecule is O[C@@]12C3C[C@@H]4CN(c5nc(OCC67CCCN6CCC7)nc6c(F)c(-c7cccc8cccc(Cl)c78)ncc56)CC1[N+]342. The molecule has 42 heavy (non-hydrogen) atoms. The number of anilines is 1. The Hall–Kier alpha value is -3.11. The Morgan fingerprint density at radius 2 is 1.88 bits per heavy atom. The van der Waals surface area contributed by atoms with Crippen LogP contribution in [0.25, 0.3) is 32.9 Å². The summed E-state index contributed by atoms with van der Waals surface area (Å²) in [5.41, 5.74) is 0.525. The van der Waals surface area contributed by atoms with Crippen molar-refractivity contribution in [3.63, 3.8) is 0 Å². The molecule has 10 heteroatoms. The van der Waals surface area contributed by atoms with Gasteiger partial charge in [0.2, 0.25) is 0 Å². The molecule has 6 aliphatic rings. The summed E-state index contributed by atoms with van der Waals surface area (Å²) in [5, 5.41) is 13.9. The van der Waals surface area contributed by atoms with E-state index in [0.29, 0.717) is 47.0 Å². The number of aliphatic hydroxyl groups is 1. The highest BCUT2D eigenvalue weighted by Crippen LogP contribution is 2.82. The quantitative estimate of drug-likeness (QED) is 0.273. The average Bonchev–Trinajstić information content (AvgIpc) is 3.40. The Morgan fingerprint density at radius 3 is 2.67 bits per heavy atom. The Balaban J connectivity index is 1.10. The van der Waals surface area contributed by atoms with Gasteiger partial charge in [-0.3, -0.25) is 14.4 Å². The van der Waals surface area contributed by atoms with Crippen molar-refractivity contribution in [2.24, 2.45) is 0 Å². The molecule has 6 aliphatic heterocycles. The van der Waals surface area contributed by atoms with Crippen molar-refractivity contribution >= 4 is 39.1 Å². The average molecular weight is 586 g/mol. The van der Waals surface area contributed by atoms with Crippen molar-refractivity contribution in [2.75, 3.05) is 37.7 Å². The highest BCUT2D eigenvalue weighted by atomic mass is 35.5. The number of ether oxygens (including phenoxy) is 1. The number of rotatable bonds is 5. The Morgan fingerprint density at radius 1 is 1.07 bits per heavy atom. The molecular weight excluding hydrogens is 555 g/mol. The van der Waals surface area contributed by atoms with Gasteiger partial charge >= 0.3 is 11.7 Å². The van der Waals surface area contributed by atoms with Gasteiger partial charge in [0.1, 0.15) is 29.7 Å². The molecule has 6 fully saturated rings. The molecule has 6 saturated heterocycles. The molecule has 8 nitrogen and oxygen atoms in total. The predicted molar refractivity (Wildman–Crippen MR) is 157 cm³/mol. The van der Waals surface area contributed by atoms with E-state index in [1.807, 2.05) is 36.4 Å². The summed E-state index contributed by atoms with van der Waals surface area (Å²) in [6, 6.07) is 12.6. The number of benzene rings is 2. The summed E-state index contributed by atoms with van der Waals surface area (Å²) in [7, 11) is 0. The van der Waals surface area contributed by atoms with Crippen molar-refractivity contribution < 1.29 is 18.7 Å². The maximum absolute atomic E-state index is 16.7. The van der Waals surface area contributed by atoms with E-state index in [1.165, 1.54) is 12.8 Å². The largest absolute Gasteiger partial charge is 0.461 e. The van der Waals surface area contributed by atoms with E-state index in [4.69, 9.17) is 26.3 Å². The third-order valence-corrected chi connectivity index (χ3v) is 12.1. The topological polar surface area (TPSA) is 74.6 Å². The van der Waals surface area contributed by atoms with Crippen molar-refractivity contribution in [1.82, 2.24) is 19.9 Å². The van der Waals surface area contributed by atoms with Gasteiger partial charge in [0.05, 0.1) is 30.4 Å². The minimum atomic E-state index is -0.542. The summed E-state index contributed by atoms with van der Waals surface area (Å²) >= 11 is 6.61. The molecule has 8 heterocycles. The number of fused-ring (bicyclic) bond motifs is 5. The van der Waals surface area contributed by atoms with Crippen LogP contribution in [0.4, 0.5) is 10.2 Å². The monoisotopic (exact) mass is 585 g/mol. The molecule has 1 spiro atoms. The predicted octanol–water partition coefficient (Wildman–Crippen LogP) is 4.51. The third-order valence-electron chi connectivity index (χ3n) is 11.8. The van der Waals surface area contributed by atoms with Crippen LogP contribution in [0.3, 0.4) is 0 Å². The summed E-state index contributed by atoms with van der Waals surface area (Å²) in [6.45, 7) is 4.18. The fourth-order valence-corrected chi connectivity index (χ4v) is 10.0. The molecule has 214 valence electrons. The van der Waals surface area contributed by atoms with Gasteiger partial charge < -0.3 is 14.7 Å². The van der Waals surface area contributed by atoms with Crippen LogP contribution in [0.5, 0.6) is 6.01 Å². The second kappa shape index (κ2) is 7.88. The fraction of sp³-hybridized carbons (Fsp3) is 0.469. The Kier molecular flexibility index (Phi) is 4.57. The first-order valence-corrected chi connectivity index (χ1v) is 15.6. The second-order valence-electron chi connectivity index (χ2n) is 13.3. The van der Waals surface area contributed by atoms with E-state index in [1.54, 1.807) is 6.20 Å². The maximum atomic E-state index is 16.7. The number of hydrogen-bond acceptors (Lipinski definition) is 7. The number of pyridine rings is 1. The molecule has 2 aromatic heterocycles. The normalized spacial score (nSPS) is 33.3. The van der Waals surface area contributed by atoms with Crippen LogP contribution >= 0.6 is 11.6 Å². The van der Waals surface area contributed by atoms with Crippen LogP contribution in [-0.2, 0) is 0 Å². The number of aromatic nitrogens is 3. The van der Waals surface area contributed by atoms with Crippen LogP contribution in [0.1, 0.15) is 32.1 Å². The lowest BCUT2D eigenvalue weighted by atomic mass is 9.89. The summed E-state index contributed by atoms with van der Waals surface area (Å²) < 4.78 is 24.0. The zero-order valence-electron chi connectivity index (χ0n) is 23.1. The van der Waals surface area contributed by atoms with E-state index in [-0.39, 0.29) is 28.8 Å². The van der Waals surface area contributed by atoms with Gasteiger partial charge in [-0.1, -0.05) is 41.9 Å². The number of nitrogens with zero attached hydrogens (tertiary/aromatic N) is 6. The van der Waals surface area contributed by atoms with Crippen molar-refractivity contribution in [2.45, 2.75) is 61.5 Å². The van der Waals surface area contributed by atoms with Gasteiger partial charge in [-0.2, -0.15) is 9.97 Å². The lowest BCUT2D eigenvalue weighted by Gasteiger charge is -2.42. The van der Waals surface area contributed by atoms with Crippen molar-refractivity contribution in [1.29, 1.82) is 0 Å². The molecule has 1 N–H and O–H groups in total. The molecule has 4 aromatic rings. The van der Waals surface area contributed by atoms with E-state index in [0.717, 1.165) is 54.2 Å². The molecule has 0 aliphatic carbocycles. The minimum Gasteiger partial charge on any atom is -0.461 e. The third kappa shape index (κ3) is 2.77. The summed E-state index contributed by atoms with van der Waals surface area (Å²) in [4.78, 5) is 19.0. The molecule has 0 radical (unpaired) electrons. The first kappa shape index (κ1) is 24.3. The number of quaternary nitrogens is 1. The summed E-state index contributed by atoms with van der Waals surface area (Å²) in [5.74, 6) is 0.143. The van der Waals surface area contributed by atoms with E-state index in [9.17, 15) is 5.11 Å². The van der Waals surface area contributed by atoms with Crippen LogP contribution in [0, 0.1) is 5.82 Å². The highest BCUT2D eigenvalue weighted by Gasteiger charge is 3.11. The minimum absolute atomic E-state index is 0.0224. The van der Waals surface area contributed by atoms with Gasteiger partial charge in [0.25, 0.3) is 0 Å². The van der Waals surface area contributed by atoms with Gasteiger partial charge in [-0.15, -0.1) is 0 Å². The second-order valence-corrected chi connectivity index (χ2v) is 13.7. The van der Waals surface area contributed by atoms with E-state index in [2.05, 4.69) is 14.8 Å². The maximum Gasteiger partial charge on any atom is 0.319 e.